The minimum atomic E-state index is -0.592. The van der Waals surface area contributed by atoms with E-state index in [1.165, 1.54) is 17.1 Å². The average Bonchev–Trinajstić information content (AvgIpc) is 3.21. The van der Waals surface area contributed by atoms with Crippen LogP contribution in [0.15, 0.2) is 35.5 Å². The van der Waals surface area contributed by atoms with E-state index in [0.29, 0.717) is 17.2 Å². The highest BCUT2D eigenvalue weighted by molar-refractivity contribution is 6.35. The third-order valence-corrected chi connectivity index (χ3v) is 4.72. The van der Waals surface area contributed by atoms with Crippen LogP contribution in [0.1, 0.15) is 24.4 Å². The Balaban J connectivity index is 1.92. The maximum absolute atomic E-state index is 13.3. The molecule has 0 bridgehead atoms. The Morgan fingerprint density at radius 2 is 2.10 bits per heavy atom. The molecule has 0 aliphatic rings. The van der Waals surface area contributed by atoms with Crippen LogP contribution in [0.2, 0.25) is 5.02 Å². The lowest BCUT2D eigenvalue weighted by Gasteiger charge is -2.20. The van der Waals surface area contributed by atoms with Crippen LogP contribution in [0.3, 0.4) is 0 Å². The van der Waals surface area contributed by atoms with Gasteiger partial charge in [-0.05, 0) is 19.1 Å². The van der Waals surface area contributed by atoms with E-state index in [0.717, 1.165) is 0 Å². The fourth-order valence-electron chi connectivity index (χ4n) is 3.08. The van der Waals surface area contributed by atoms with Crippen molar-refractivity contribution in [3.63, 3.8) is 0 Å². The topological polar surface area (TPSA) is 177 Å². The molecule has 1 aromatic carbocycles. The summed E-state index contributed by atoms with van der Waals surface area (Å²) >= 11 is 6.26. The molecule has 4 aromatic rings. The number of nitrogens with one attached hydrogen (secondary N) is 2. The first-order chi connectivity index (χ1) is 14.4. The highest BCUT2D eigenvalue weighted by Gasteiger charge is 2.22. The van der Waals surface area contributed by atoms with E-state index < -0.39 is 6.04 Å². The van der Waals surface area contributed by atoms with Gasteiger partial charge >= 0.3 is 0 Å². The first-order valence-corrected chi connectivity index (χ1v) is 9.08. The number of rotatable bonds is 4. The van der Waals surface area contributed by atoms with Gasteiger partial charge in [0.25, 0.3) is 5.56 Å². The largest absolute Gasteiger partial charge is 0.382 e. The first-order valence-electron chi connectivity index (χ1n) is 8.70. The van der Waals surface area contributed by atoms with Crippen molar-refractivity contribution in [2.75, 3.05) is 16.8 Å². The maximum atomic E-state index is 13.3. The van der Waals surface area contributed by atoms with Gasteiger partial charge in [0.15, 0.2) is 5.82 Å². The SMILES string of the molecule is CC(Nc1nc(N)nc(N)c1C#N)c1nc2cccc(Cl)c2c(=O)n1-c1cnc[nH]1. The lowest BCUT2D eigenvalue weighted by Crippen LogP contribution is -2.28. The molecule has 0 saturated heterocycles. The number of anilines is 3. The molecule has 3 aromatic heterocycles. The van der Waals surface area contributed by atoms with Crippen molar-refractivity contribution in [3.8, 4) is 11.9 Å². The molecule has 6 N–H and O–H groups in total. The lowest BCUT2D eigenvalue weighted by atomic mass is 10.2. The number of nitrogens with two attached hydrogens (primary N) is 2. The number of benzene rings is 1. The molecule has 0 fully saturated rings. The Labute approximate surface area is 174 Å². The number of aromatic amines is 1. The minimum Gasteiger partial charge on any atom is -0.382 e. The smallest absolute Gasteiger partial charge is 0.268 e. The zero-order valence-electron chi connectivity index (χ0n) is 15.6. The fourth-order valence-corrected chi connectivity index (χ4v) is 3.33. The zero-order valence-corrected chi connectivity index (χ0v) is 16.3. The van der Waals surface area contributed by atoms with Crippen LogP contribution in [-0.4, -0.2) is 29.5 Å². The standard InChI is InChI=1S/C18H15ClN10O/c1-8(25-15-9(5-20)14(21)27-18(22)28-15)16-26-11-4-2-3-10(19)13(11)17(30)29(16)12-6-23-7-24-12/h2-4,6-8H,1H3,(H,23,24)(H5,21,22,25,27,28). The molecule has 0 aliphatic carbocycles. The molecule has 150 valence electrons. The number of imidazole rings is 1. The molecule has 1 unspecified atom stereocenters. The van der Waals surface area contributed by atoms with E-state index in [2.05, 4.69) is 30.2 Å². The number of fused-ring (bicyclic) bond motifs is 1. The van der Waals surface area contributed by atoms with Crippen LogP contribution >= 0.6 is 11.6 Å². The predicted octanol–water partition coefficient (Wildman–Crippen LogP) is 1.76. The molecule has 11 nitrogen and oxygen atoms in total. The summed E-state index contributed by atoms with van der Waals surface area (Å²) in [5.41, 5.74) is 11.5. The molecule has 12 heteroatoms. The van der Waals surface area contributed by atoms with Crippen molar-refractivity contribution in [1.29, 1.82) is 5.26 Å². The van der Waals surface area contributed by atoms with Gasteiger partial charge in [-0.15, -0.1) is 0 Å². The summed E-state index contributed by atoms with van der Waals surface area (Å²) in [6.07, 6.45) is 2.93. The van der Waals surface area contributed by atoms with E-state index in [1.807, 2.05) is 6.07 Å². The fraction of sp³-hybridized carbons (Fsp3) is 0.111. The number of nitrogens with zero attached hydrogens (tertiary/aromatic N) is 6. The Bertz CT molecular complexity index is 1360. The Hall–Kier alpha value is -4.17. The zero-order chi connectivity index (χ0) is 21.4. The highest BCUT2D eigenvalue weighted by atomic mass is 35.5. The number of nitrogen functional groups attached to an aromatic ring is 2. The third kappa shape index (κ3) is 3.15. The second kappa shape index (κ2) is 7.34. The molecule has 3 heterocycles. The highest BCUT2D eigenvalue weighted by Crippen LogP contribution is 2.26. The van der Waals surface area contributed by atoms with Crippen molar-refractivity contribution in [1.82, 2.24) is 29.5 Å². The van der Waals surface area contributed by atoms with Crippen LogP contribution < -0.4 is 22.3 Å². The van der Waals surface area contributed by atoms with E-state index >= 15 is 0 Å². The van der Waals surface area contributed by atoms with Gasteiger partial charge in [-0.2, -0.15) is 15.2 Å². The van der Waals surface area contributed by atoms with Gasteiger partial charge in [-0.1, -0.05) is 17.7 Å². The number of hydrogen-bond donors (Lipinski definition) is 4. The second-order valence-electron chi connectivity index (χ2n) is 6.35. The number of aromatic nitrogens is 6. The summed E-state index contributed by atoms with van der Waals surface area (Å²) in [5.74, 6) is 0.722. The van der Waals surface area contributed by atoms with Gasteiger partial charge in [0.1, 0.15) is 29.1 Å². The van der Waals surface area contributed by atoms with Gasteiger partial charge in [0.2, 0.25) is 5.95 Å². The van der Waals surface area contributed by atoms with Crippen LogP contribution in [0.5, 0.6) is 0 Å². The van der Waals surface area contributed by atoms with Gasteiger partial charge < -0.3 is 21.8 Å². The predicted molar refractivity (Wildman–Crippen MR) is 112 cm³/mol. The van der Waals surface area contributed by atoms with E-state index in [4.69, 9.17) is 23.1 Å². The van der Waals surface area contributed by atoms with Crippen LogP contribution in [0, 0.1) is 11.3 Å². The monoisotopic (exact) mass is 422 g/mol. The van der Waals surface area contributed by atoms with Crippen LogP contribution in [-0.2, 0) is 0 Å². The van der Waals surface area contributed by atoms with Crippen molar-refractivity contribution >= 4 is 40.1 Å². The van der Waals surface area contributed by atoms with Gasteiger partial charge in [-0.25, -0.2) is 14.5 Å². The van der Waals surface area contributed by atoms with Crippen molar-refractivity contribution < 1.29 is 0 Å². The summed E-state index contributed by atoms with van der Waals surface area (Å²) in [5, 5.41) is 13.0. The third-order valence-electron chi connectivity index (χ3n) is 4.40. The quantitative estimate of drug-likeness (QED) is 0.381. The number of nitriles is 1. The van der Waals surface area contributed by atoms with Gasteiger partial charge in [0, 0.05) is 0 Å². The molecule has 0 amide bonds. The lowest BCUT2D eigenvalue weighted by molar-refractivity contribution is 0.723. The summed E-state index contributed by atoms with van der Waals surface area (Å²) < 4.78 is 1.36. The van der Waals surface area contributed by atoms with Gasteiger partial charge in [0.05, 0.1) is 34.5 Å². The second-order valence-corrected chi connectivity index (χ2v) is 6.76. The molecular weight excluding hydrogens is 408 g/mol. The summed E-state index contributed by atoms with van der Waals surface area (Å²) in [6.45, 7) is 1.75. The summed E-state index contributed by atoms with van der Waals surface area (Å²) in [4.78, 5) is 32.7. The van der Waals surface area contributed by atoms with Crippen LogP contribution in [0.25, 0.3) is 16.7 Å². The normalized spacial score (nSPS) is 11.9. The van der Waals surface area contributed by atoms with E-state index in [1.54, 1.807) is 25.1 Å². The molecule has 0 spiro atoms. The van der Waals surface area contributed by atoms with E-state index in [9.17, 15) is 10.1 Å². The average molecular weight is 423 g/mol. The van der Waals surface area contributed by atoms with E-state index in [-0.39, 0.29) is 39.1 Å². The van der Waals surface area contributed by atoms with Gasteiger partial charge in [-0.3, -0.25) is 4.79 Å². The molecular formula is C18H15ClN10O. The maximum Gasteiger partial charge on any atom is 0.268 e. The first kappa shape index (κ1) is 19.2. The number of halogens is 1. The Morgan fingerprint density at radius 3 is 2.80 bits per heavy atom. The molecule has 0 saturated carbocycles. The molecule has 30 heavy (non-hydrogen) atoms. The summed E-state index contributed by atoms with van der Waals surface area (Å²) in [7, 11) is 0. The summed E-state index contributed by atoms with van der Waals surface area (Å²) in [6, 6.07) is 6.38. The molecule has 1 atom stereocenters. The van der Waals surface area contributed by atoms with Crippen LogP contribution in [0.4, 0.5) is 17.6 Å². The van der Waals surface area contributed by atoms with Crippen molar-refractivity contribution in [3.05, 3.63) is 57.5 Å². The minimum absolute atomic E-state index is 0.0373. The molecule has 4 rings (SSSR count). The van der Waals surface area contributed by atoms with Crippen molar-refractivity contribution in [2.24, 2.45) is 0 Å². The molecule has 0 radical (unpaired) electrons. The molecule has 0 aliphatic heterocycles. The number of hydrogen-bond acceptors (Lipinski definition) is 9. The Morgan fingerprint density at radius 1 is 1.30 bits per heavy atom. The van der Waals surface area contributed by atoms with Crippen molar-refractivity contribution in [2.45, 2.75) is 13.0 Å². The Kier molecular flexibility index (Phi) is 4.69. The number of H-pyrrole nitrogens is 1.